The zero-order chi connectivity index (χ0) is 14.2. The molecule has 0 spiro atoms. The normalized spacial score (nSPS) is 11.1. The molecule has 5 heteroatoms. The zero-order valence-electron chi connectivity index (χ0n) is 11.1. The van der Waals surface area contributed by atoms with Gasteiger partial charge in [-0.2, -0.15) is 0 Å². The number of nitrogens with one attached hydrogen (secondary N) is 1. The second-order valence-corrected chi connectivity index (χ2v) is 5.11. The molecule has 19 heavy (non-hydrogen) atoms. The first kappa shape index (κ1) is 14.4. The van der Waals surface area contributed by atoms with Crippen molar-refractivity contribution in [3.63, 3.8) is 0 Å². The van der Waals surface area contributed by atoms with E-state index in [0.717, 1.165) is 29.9 Å². The Balaban J connectivity index is 2.92. The third kappa shape index (κ3) is 2.37. The lowest BCUT2D eigenvalue weighted by atomic mass is 10.0. The Bertz CT molecular complexity index is 641. The van der Waals surface area contributed by atoms with Crippen molar-refractivity contribution in [2.45, 2.75) is 27.2 Å². The first-order valence-electron chi connectivity index (χ1n) is 6.21. The Morgan fingerprint density at radius 1 is 1.32 bits per heavy atom. The van der Waals surface area contributed by atoms with E-state index < -0.39 is 5.82 Å². The van der Waals surface area contributed by atoms with Crippen LogP contribution in [0.1, 0.15) is 25.1 Å². The Labute approximate surface area is 121 Å². The Morgan fingerprint density at radius 3 is 2.58 bits per heavy atom. The number of aromatic nitrogens is 1. The summed E-state index contributed by atoms with van der Waals surface area (Å²) in [5.41, 5.74) is 3.42. The molecule has 2 nitrogen and oxygen atoms in total. The van der Waals surface area contributed by atoms with Gasteiger partial charge in [-0.15, -0.1) is 0 Å². The molecule has 0 aliphatic heterocycles. The average molecular weight is 301 g/mol. The molecule has 1 aromatic heterocycles. The van der Waals surface area contributed by atoms with Crippen LogP contribution in [-0.4, -0.2) is 11.5 Å². The quantitative estimate of drug-likeness (QED) is 0.808. The van der Waals surface area contributed by atoms with E-state index in [1.807, 2.05) is 20.8 Å². The summed E-state index contributed by atoms with van der Waals surface area (Å²) in [5, 5.41) is 3.87. The highest BCUT2D eigenvalue weighted by molar-refractivity contribution is 6.39. The van der Waals surface area contributed by atoms with Gasteiger partial charge in [0.2, 0.25) is 0 Å². The summed E-state index contributed by atoms with van der Waals surface area (Å²) in [5.74, 6) is -0.597. The van der Waals surface area contributed by atoms with Gasteiger partial charge in [0.25, 0.3) is 0 Å². The van der Waals surface area contributed by atoms with Crippen LogP contribution in [0.4, 0.5) is 10.1 Å². The standard InChI is InChI=1S/C14H15Cl2FN2/c1-4-9-7(3)14(18-5-2)11-10(19-9)6-8(15)13(17)12(11)16/h6H,4-5H2,1-3H3,(H,18,19). The van der Waals surface area contributed by atoms with Gasteiger partial charge in [0, 0.05) is 23.3 Å². The summed E-state index contributed by atoms with van der Waals surface area (Å²) in [6.45, 7) is 6.71. The maximum Gasteiger partial charge on any atom is 0.161 e. The van der Waals surface area contributed by atoms with E-state index in [2.05, 4.69) is 10.3 Å². The Morgan fingerprint density at radius 2 is 2.00 bits per heavy atom. The molecule has 0 amide bonds. The molecule has 0 radical (unpaired) electrons. The summed E-state index contributed by atoms with van der Waals surface area (Å²) in [6, 6.07) is 1.53. The van der Waals surface area contributed by atoms with Gasteiger partial charge in [0.05, 0.1) is 15.6 Å². The van der Waals surface area contributed by atoms with Crippen molar-refractivity contribution in [1.29, 1.82) is 0 Å². The van der Waals surface area contributed by atoms with Crippen molar-refractivity contribution in [1.82, 2.24) is 4.98 Å². The third-order valence-corrected chi connectivity index (χ3v) is 3.77. The molecule has 0 fully saturated rings. The van der Waals surface area contributed by atoms with Crippen LogP contribution >= 0.6 is 23.2 Å². The van der Waals surface area contributed by atoms with E-state index in [4.69, 9.17) is 23.2 Å². The molecule has 0 aliphatic carbocycles. The van der Waals surface area contributed by atoms with Crippen LogP contribution in [0.3, 0.4) is 0 Å². The largest absolute Gasteiger partial charge is 0.384 e. The van der Waals surface area contributed by atoms with E-state index in [1.54, 1.807) is 0 Å². The van der Waals surface area contributed by atoms with Gasteiger partial charge in [-0.25, -0.2) is 4.39 Å². The lowest BCUT2D eigenvalue weighted by Gasteiger charge is -2.16. The van der Waals surface area contributed by atoms with Gasteiger partial charge >= 0.3 is 0 Å². The Hall–Kier alpha value is -1.06. The minimum Gasteiger partial charge on any atom is -0.384 e. The van der Waals surface area contributed by atoms with Gasteiger partial charge < -0.3 is 5.32 Å². The lowest BCUT2D eigenvalue weighted by Crippen LogP contribution is -2.05. The van der Waals surface area contributed by atoms with Crippen molar-refractivity contribution >= 4 is 39.8 Å². The number of halogens is 3. The van der Waals surface area contributed by atoms with E-state index in [-0.39, 0.29) is 10.0 Å². The van der Waals surface area contributed by atoms with Crippen LogP contribution in [-0.2, 0) is 6.42 Å². The highest BCUT2D eigenvalue weighted by Crippen LogP contribution is 2.38. The highest BCUT2D eigenvalue weighted by atomic mass is 35.5. The summed E-state index contributed by atoms with van der Waals surface area (Å²) < 4.78 is 13.9. The second kappa shape index (κ2) is 5.51. The molecular weight excluding hydrogens is 286 g/mol. The molecule has 1 N–H and O–H groups in total. The van der Waals surface area contributed by atoms with Gasteiger partial charge in [0.15, 0.2) is 5.82 Å². The molecule has 2 aromatic rings. The number of benzene rings is 1. The maximum absolute atomic E-state index is 13.9. The predicted octanol–water partition coefficient (Wildman–Crippen LogP) is 4.98. The van der Waals surface area contributed by atoms with Gasteiger partial charge in [-0.05, 0) is 31.9 Å². The number of hydrogen-bond acceptors (Lipinski definition) is 2. The molecule has 1 heterocycles. The fourth-order valence-corrected chi connectivity index (χ4v) is 2.75. The maximum atomic E-state index is 13.9. The third-order valence-electron chi connectivity index (χ3n) is 3.14. The van der Waals surface area contributed by atoms with Crippen molar-refractivity contribution in [3.8, 4) is 0 Å². The van der Waals surface area contributed by atoms with Crippen molar-refractivity contribution < 1.29 is 4.39 Å². The second-order valence-electron chi connectivity index (χ2n) is 4.32. The fraction of sp³-hybridized carbons (Fsp3) is 0.357. The number of pyridine rings is 1. The van der Waals surface area contributed by atoms with E-state index >= 15 is 0 Å². The number of rotatable bonds is 3. The van der Waals surface area contributed by atoms with Crippen LogP contribution in [0.5, 0.6) is 0 Å². The molecule has 0 aliphatic rings. The van der Waals surface area contributed by atoms with Crippen LogP contribution in [0.15, 0.2) is 6.07 Å². The highest BCUT2D eigenvalue weighted by Gasteiger charge is 2.18. The number of nitrogens with zero attached hydrogens (tertiary/aromatic N) is 1. The minimum absolute atomic E-state index is 0.00152. The summed E-state index contributed by atoms with van der Waals surface area (Å²) in [4.78, 5) is 4.52. The molecule has 1 aromatic carbocycles. The SMILES string of the molecule is CCNc1c(C)c(CC)nc2cc(Cl)c(F)c(Cl)c12. The lowest BCUT2D eigenvalue weighted by molar-refractivity contribution is 0.630. The number of aryl methyl sites for hydroxylation is 1. The molecule has 0 saturated carbocycles. The molecule has 2 rings (SSSR count). The number of anilines is 1. The van der Waals surface area contributed by atoms with Gasteiger partial charge in [-0.3, -0.25) is 4.98 Å². The van der Waals surface area contributed by atoms with Crippen molar-refractivity contribution in [2.75, 3.05) is 11.9 Å². The molecule has 102 valence electrons. The monoisotopic (exact) mass is 300 g/mol. The van der Waals surface area contributed by atoms with Crippen LogP contribution in [0.2, 0.25) is 10.0 Å². The van der Waals surface area contributed by atoms with E-state index in [9.17, 15) is 4.39 Å². The molecule has 0 unspecified atom stereocenters. The molecule has 0 atom stereocenters. The fourth-order valence-electron chi connectivity index (χ4n) is 2.21. The zero-order valence-corrected chi connectivity index (χ0v) is 12.6. The molecule has 0 bridgehead atoms. The number of fused-ring (bicyclic) bond motifs is 1. The predicted molar refractivity (Wildman–Crippen MR) is 80.0 cm³/mol. The van der Waals surface area contributed by atoms with Gasteiger partial charge in [0.1, 0.15) is 0 Å². The average Bonchev–Trinajstić information content (AvgIpc) is 2.39. The minimum atomic E-state index is -0.597. The Kier molecular flexibility index (Phi) is 4.16. The van der Waals surface area contributed by atoms with Crippen molar-refractivity contribution in [2.24, 2.45) is 0 Å². The first-order chi connectivity index (χ1) is 9.01. The van der Waals surface area contributed by atoms with E-state index in [1.165, 1.54) is 6.07 Å². The van der Waals surface area contributed by atoms with Crippen molar-refractivity contribution in [3.05, 3.63) is 33.2 Å². The summed E-state index contributed by atoms with van der Waals surface area (Å²) in [6.07, 6.45) is 0.798. The van der Waals surface area contributed by atoms with Crippen LogP contribution in [0, 0.1) is 12.7 Å². The van der Waals surface area contributed by atoms with Gasteiger partial charge in [-0.1, -0.05) is 30.1 Å². The van der Waals surface area contributed by atoms with Crippen LogP contribution < -0.4 is 5.32 Å². The molecule has 0 saturated heterocycles. The number of hydrogen-bond donors (Lipinski definition) is 1. The topological polar surface area (TPSA) is 24.9 Å². The van der Waals surface area contributed by atoms with Crippen LogP contribution in [0.25, 0.3) is 10.9 Å². The first-order valence-corrected chi connectivity index (χ1v) is 6.97. The summed E-state index contributed by atoms with van der Waals surface area (Å²) >= 11 is 11.9. The smallest absolute Gasteiger partial charge is 0.161 e. The summed E-state index contributed by atoms with van der Waals surface area (Å²) in [7, 11) is 0. The molecular formula is C14H15Cl2FN2. The van der Waals surface area contributed by atoms with E-state index in [0.29, 0.717) is 10.9 Å².